The second-order valence-corrected chi connectivity index (χ2v) is 5.96. The number of hydrogen-bond acceptors (Lipinski definition) is 3. The van der Waals surface area contributed by atoms with Crippen molar-refractivity contribution in [2.24, 2.45) is 0 Å². The molecule has 0 radical (unpaired) electrons. The highest BCUT2D eigenvalue weighted by atomic mass is 32.2. The topological polar surface area (TPSA) is 24.9 Å². The summed E-state index contributed by atoms with van der Waals surface area (Å²) in [4.78, 5) is 4.87. The Hall–Kier alpha value is -2.21. The lowest BCUT2D eigenvalue weighted by atomic mass is 10.1. The Balaban J connectivity index is 1.89. The third-order valence-corrected chi connectivity index (χ3v) is 4.24. The van der Waals surface area contributed by atoms with Gasteiger partial charge in [0.05, 0.1) is 11.1 Å². The van der Waals surface area contributed by atoms with Gasteiger partial charge in [0.15, 0.2) is 0 Å². The first kappa shape index (κ1) is 15.7. The van der Waals surface area contributed by atoms with Gasteiger partial charge in [0, 0.05) is 22.2 Å². The zero-order chi connectivity index (χ0) is 16.4. The normalized spacial score (nSPS) is 11.7. The number of pyridine rings is 1. The van der Waals surface area contributed by atoms with E-state index in [1.807, 2.05) is 31.2 Å². The Labute approximate surface area is 135 Å². The standard InChI is InChI=1S/C17H13F3N2S/c1-11-3-2-4-13(9-11)22-23-16-7-8-21-15-10-12(17(18,19)20)5-6-14(15)16/h2-10,22H,1H3. The highest BCUT2D eigenvalue weighted by Gasteiger charge is 2.30. The van der Waals surface area contributed by atoms with E-state index in [-0.39, 0.29) is 0 Å². The zero-order valence-electron chi connectivity index (χ0n) is 12.2. The molecule has 118 valence electrons. The number of aryl methyl sites for hydroxylation is 1. The maximum Gasteiger partial charge on any atom is 0.416 e. The van der Waals surface area contributed by atoms with E-state index in [2.05, 4.69) is 9.71 Å². The van der Waals surface area contributed by atoms with Crippen LogP contribution in [0, 0.1) is 6.92 Å². The molecule has 3 aromatic rings. The number of aromatic nitrogens is 1. The number of anilines is 1. The number of alkyl halides is 3. The predicted molar refractivity (Wildman–Crippen MR) is 87.4 cm³/mol. The summed E-state index contributed by atoms with van der Waals surface area (Å²) >= 11 is 1.35. The number of hydrogen-bond donors (Lipinski definition) is 1. The van der Waals surface area contributed by atoms with E-state index in [4.69, 9.17) is 0 Å². The van der Waals surface area contributed by atoms with Crippen molar-refractivity contribution in [2.75, 3.05) is 4.72 Å². The molecule has 6 heteroatoms. The number of fused-ring (bicyclic) bond motifs is 1. The van der Waals surface area contributed by atoms with Crippen molar-refractivity contribution >= 4 is 28.5 Å². The van der Waals surface area contributed by atoms with Gasteiger partial charge in [0.2, 0.25) is 0 Å². The van der Waals surface area contributed by atoms with Crippen LogP contribution >= 0.6 is 11.9 Å². The van der Waals surface area contributed by atoms with Crippen LogP contribution in [-0.4, -0.2) is 4.98 Å². The molecule has 2 aromatic carbocycles. The molecule has 0 fully saturated rings. The number of nitrogens with zero attached hydrogens (tertiary/aromatic N) is 1. The molecule has 1 aromatic heterocycles. The first-order valence-electron chi connectivity index (χ1n) is 6.89. The summed E-state index contributed by atoms with van der Waals surface area (Å²) in [7, 11) is 0. The van der Waals surface area contributed by atoms with Gasteiger partial charge < -0.3 is 4.72 Å². The van der Waals surface area contributed by atoms with Crippen molar-refractivity contribution < 1.29 is 13.2 Å². The largest absolute Gasteiger partial charge is 0.416 e. The lowest BCUT2D eigenvalue weighted by molar-refractivity contribution is -0.137. The third kappa shape index (κ3) is 3.59. The molecule has 0 spiro atoms. The van der Waals surface area contributed by atoms with Crippen molar-refractivity contribution in [1.29, 1.82) is 0 Å². The predicted octanol–water partition coefficient (Wildman–Crippen LogP) is 5.68. The summed E-state index contributed by atoms with van der Waals surface area (Å²) in [6.45, 7) is 2.00. The van der Waals surface area contributed by atoms with Gasteiger partial charge in [-0.3, -0.25) is 4.98 Å². The van der Waals surface area contributed by atoms with E-state index in [0.717, 1.165) is 28.3 Å². The van der Waals surface area contributed by atoms with E-state index in [1.54, 1.807) is 6.07 Å². The van der Waals surface area contributed by atoms with Crippen LogP contribution in [0.1, 0.15) is 11.1 Å². The van der Waals surface area contributed by atoms with Gasteiger partial charge in [0.25, 0.3) is 0 Å². The summed E-state index contributed by atoms with van der Waals surface area (Å²) in [5.41, 5.74) is 1.71. The number of benzene rings is 2. The molecule has 0 saturated carbocycles. The van der Waals surface area contributed by atoms with Crippen LogP contribution in [-0.2, 0) is 6.18 Å². The van der Waals surface area contributed by atoms with Gasteiger partial charge in [-0.25, -0.2) is 0 Å². The first-order chi connectivity index (χ1) is 10.9. The van der Waals surface area contributed by atoms with Gasteiger partial charge in [-0.05, 0) is 54.8 Å². The number of halogens is 3. The van der Waals surface area contributed by atoms with Gasteiger partial charge in [-0.2, -0.15) is 13.2 Å². The van der Waals surface area contributed by atoms with Crippen molar-refractivity contribution in [3.8, 4) is 0 Å². The van der Waals surface area contributed by atoms with E-state index in [1.165, 1.54) is 24.2 Å². The maximum absolute atomic E-state index is 12.8. The van der Waals surface area contributed by atoms with Gasteiger partial charge >= 0.3 is 6.18 Å². The fourth-order valence-corrected chi connectivity index (χ4v) is 2.98. The van der Waals surface area contributed by atoms with Crippen molar-refractivity contribution in [1.82, 2.24) is 4.98 Å². The van der Waals surface area contributed by atoms with Crippen LogP contribution in [0.5, 0.6) is 0 Å². The number of rotatable bonds is 3. The quantitative estimate of drug-likeness (QED) is 0.624. The molecule has 0 unspecified atom stereocenters. The van der Waals surface area contributed by atoms with Gasteiger partial charge in [-0.15, -0.1) is 0 Å². The molecule has 1 heterocycles. The summed E-state index contributed by atoms with van der Waals surface area (Å²) in [6, 6.07) is 13.3. The monoisotopic (exact) mass is 334 g/mol. The molecule has 1 N–H and O–H groups in total. The molecule has 3 rings (SSSR count). The van der Waals surface area contributed by atoms with Crippen molar-refractivity contribution in [3.63, 3.8) is 0 Å². The lowest BCUT2D eigenvalue weighted by Gasteiger charge is -2.11. The fourth-order valence-electron chi connectivity index (χ4n) is 2.21. The smallest absolute Gasteiger partial charge is 0.326 e. The zero-order valence-corrected chi connectivity index (χ0v) is 13.0. The van der Waals surface area contributed by atoms with Crippen LogP contribution in [0.15, 0.2) is 59.6 Å². The molecule has 0 aliphatic carbocycles. The van der Waals surface area contributed by atoms with Crippen LogP contribution in [0.3, 0.4) is 0 Å². The van der Waals surface area contributed by atoms with Gasteiger partial charge in [0.1, 0.15) is 0 Å². The highest BCUT2D eigenvalue weighted by Crippen LogP contribution is 2.33. The Morgan fingerprint density at radius 1 is 1.04 bits per heavy atom. The Morgan fingerprint density at radius 2 is 1.87 bits per heavy atom. The van der Waals surface area contributed by atoms with Crippen molar-refractivity contribution in [3.05, 3.63) is 65.9 Å². The molecule has 0 saturated heterocycles. The second-order valence-electron chi connectivity index (χ2n) is 5.11. The molecular weight excluding hydrogens is 321 g/mol. The van der Waals surface area contributed by atoms with E-state index in [0.29, 0.717) is 10.9 Å². The minimum absolute atomic E-state index is 0.330. The average Bonchev–Trinajstić information content (AvgIpc) is 2.51. The summed E-state index contributed by atoms with van der Waals surface area (Å²) in [6.07, 6.45) is -2.85. The molecule has 0 amide bonds. The maximum atomic E-state index is 12.8. The second kappa shape index (κ2) is 6.12. The van der Waals surface area contributed by atoms with E-state index >= 15 is 0 Å². The molecule has 2 nitrogen and oxygen atoms in total. The minimum Gasteiger partial charge on any atom is -0.326 e. The summed E-state index contributed by atoms with van der Waals surface area (Å²) in [5.74, 6) is 0. The van der Waals surface area contributed by atoms with E-state index in [9.17, 15) is 13.2 Å². The van der Waals surface area contributed by atoms with Gasteiger partial charge in [-0.1, -0.05) is 18.2 Å². The third-order valence-electron chi connectivity index (χ3n) is 3.33. The Kier molecular flexibility index (Phi) is 4.17. The van der Waals surface area contributed by atoms with Crippen LogP contribution in [0.4, 0.5) is 18.9 Å². The minimum atomic E-state index is -4.36. The average molecular weight is 334 g/mol. The summed E-state index contributed by atoms with van der Waals surface area (Å²) < 4.78 is 41.5. The van der Waals surface area contributed by atoms with Crippen LogP contribution in [0.25, 0.3) is 10.9 Å². The molecule has 0 aliphatic rings. The SMILES string of the molecule is Cc1cccc(NSc2ccnc3cc(C(F)(F)F)ccc23)c1. The summed E-state index contributed by atoms with van der Waals surface area (Å²) in [5, 5.41) is 0.686. The van der Waals surface area contributed by atoms with E-state index < -0.39 is 11.7 Å². The Morgan fingerprint density at radius 3 is 2.61 bits per heavy atom. The number of nitrogens with one attached hydrogen (secondary N) is 1. The highest BCUT2D eigenvalue weighted by molar-refractivity contribution is 8.00. The molecule has 0 aliphatic heterocycles. The van der Waals surface area contributed by atoms with Crippen LogP contribution in [0.2, 0.25) is 0 Å². The molecule has 0 bridgehead atoms. The van der Waals surface area contributed by atoms with Crippen molar-refractivity contribution in [2.45, 2.75) is 18.0 Å². The Bertz CT molecular complexity index is 847. The molecule has 0 atom stereocenters. The molecular formula is C17H13F3N2S. The fraction of sp³-hybridized carbons (Fsp3) is 0.118. The first-order valence-corrected chi connectivity index (χ1v) is 7.70. The molecule has 23 heavy (non-hydrogen) atoms. The lowest BCUT2D eigenvalue weighted by Crippen LogP contribution is -2.04. The van der Waals surface area contributed by atoms with Crippen LogP contribution < -0.4 is 4.72 Å².